The van der Waals surface area contributed by atoms with Crippen LogP contribution in [0, 0.1) is 6.92 Å². The number of nitrogens with one attached hydrogen (secondary N) is 1. The summed E-state index contributed by atoms with van der Waals surface area (Å²) in [6.07, 6.45) is 0. The Morgan fingerprint density at radius 3 is 2.37 bits per heavy atom. The number of hydrogen-bond acceptors (Lipinski definition) is 4. The summed E-state index contributed by atoms with van der Waals surface area (Å²) in [4.78, 5) is 14.7. The van der Waals surface area contributed by atoms with Gasteiger partial charge in [0.15, 0.2) is 0 Å². The number of hydrogen-bond donors (Lipinski definition) is 1. The van der Waals surface area contributed by atoms with E-state index in [1.807, 2.05) is 24.3 Å². The van der Waals surface area contributed by atoms with Crippen molar-refractivity contribution in [1.82, 2.24) is 4.90 Å². The number of amides is 1. The van der Waals surface area contributed by atoms with Crippen LogP contribution in [0.2, 0.25) is 0 Å². The summed E-state index contributed by atoms with van der Waals surface area (Å²) in [6.45, 7) is 2.15. The zero-order valence-corrected chi connectivity index (χ0v) is 17.9. The molecule has 0 atom stereocenters. The molecule has 3 rings (SSSR count). The fourth-order valence-electron chi connectivity index (χ4n) is 3.05. The first-order valence-electron chi connectivity index (χ1n) is 9.37. The van der Waals surface area contributed by atoms with Crippen molar-refractivity contribution in [3.05, 3.63) is 89.5 Å². The Labute approximate surface area is 177 Å². The normalized spacial score (nSPS) is 11.0. The molecule has 0 spiro atoms. The topological polar surface area (TPSA) is 75.7 Å². The minimum atomic E-state index is -3.75. The van der Waals surface area contributed by atoms with Crippen molar-refractivity contribution >= 4 is 21.6 Å². The quantitative estimate of drug-likeness (QED) is 0.620. The van der Waals surface area contributed by atoms with Gasteiger partial charge < -0.3 is 9.64 Å². The van der Waals surface area contributed by atoms with E-state index in [9.17, 15) is 13.2 Å². The molecule has 0 fully saturated rings. The summed E-state index contributed by atoms with van der Waals surface area (Å²) in [6, 6.07) is 20.6. The molecule has 3 aromatic rings. The number of benzene rings is 3. The lowest BCUT2D eigenvalue weighted by Gasteiger charge is -2.20. The second-order valence-corrected chi connectivity index (χ2v) is 8.60. The number of methoxy groups -OCH3 is 1. The first-order valence-corrected chi connectivity index (χ1v) is 10.9. The molecule has 3 aromatic carbocycles. The Kier molecular flexibility index (Phi) is 6.42. The molecule has 0 aromatic heterocycles. The predicted octanol–water partition coefficient (Wildman–Crippen LogP) is 4.08. The lowest BCUT2D eigenvalue weighted by Crippen LogP contribution is -2.26. The van der Waals surface area contributed by atoms with Gasteiger partial charge in [-0.3, -0.25) is 9.52 Å². The molecule has 0 unspecified atom stereocenters. The van der Waals surface area contributed by atoms with Crippen molar-refractivity contribution in [3.8, 4) is 5.75 Å². The summed E-state index contributed by atoms with van der Waals surface area (Å²) in [5.74, 6) is 0.485. The molecule has 0 aliphatic carbocycles. The van der Waals surface area contributed by atoms with E-state index in [-0.39, 0.29) is 10.8 Å². The van der Waals surface area contributed by atoms with Crippen molar-refractivity contribution in [2.75, 3.05) is 18.9 Å². The van der Waals surface area contributed by atoms with Gasteiger partial charge in [-0.2, -0.15) is 0 Å². The van der Waals surface area contributed by atoms with Crippen LogP contribution in [-0.2, 0) is 16.6 Å². The number of ether oxygens (including phenoxy) is 1. The van der Waals surface area contributed by atoms with Crippen molar-refractivity contribution in [1.29, 1.82) is 0 Å². The summed E-state index contributed by atoms with van der Waals surface area (Å²) in [5.41, 5.74) is 2.37. The first kappa shape index (κ1) is 21.4. The second kappa shape index (κ2) is 9.00. The predicted molar refractivity (Wildman–Crippen MR) is 117 cm³/mol. The van der Waals surface area contributed by atoms with Crippen molar-refractivity contribution in [2.45, 2.75) is 18.4 Å². The number of carbonyl (C=O) groups excluding carboxylic acids is 1. The van der Waals surface area contributed by atoms with Crippen LogP contribution in [0.25, 0.3) is 0 Å². The highest BCUT2D eigenvalue weighted by Gasteiger charge is 2.18. The standard InChI is InChI=1S/C23H24N2O4S/c1-17-13-14-18(15-21(17)24-30(27,28)20-10-5-4-6-11-20)23(26)25(2)16-19-9-7-8-12-22(19)29-3/h4-15,24H,16H2,1-3H3. The molecule has 1 N–H and O–H groups in total. The average molecular weight is 425 g/mol. The Hall–Kier alpha value is -3.32. The molecular weight excluding hydrogens is 400 g/mol. The van der Waals surface area contributed by atoms with E-state index in [2.05, 4.69) is 4.72 Å². The van der Waals surface area contributed by atoms with Crippen LogP contribution in [0.3, 0.4) is 0 Å². The maximum Gasteiger partial charge on any atom is 0.261 e. The van der Waals surface area contributed by atoms with Gasteiger partial charge in [-0.25, -0.2) is 8.42 Å². The fourth-order valence-corrected chi connectivity index (χ4v) is 4.19. The lowest BCUT2D eigenvalue weighted by molar-refractivity contribution is 0.0784. The summed E-state index contributed by atoms with van der Waals surface area (Å²) in [5, 5.41) is 0. The number of nitrogens with zero attached hydrogens (tertiary/aromatic N) is 1. The third-order valence-electron chi connectivity index (χ3n) is 4.73. The van der Waals surface area contributed by atoms with E-state index in [0.29, 0.717) is 23.5 Å². The fraction of sp³-hybridized carbons (Fsp3) is 0.174. The summed E-state index contributed by atoms with van der Waals surface area (Å²) in [7, 11) is -0.462. The highest BCUT2D eigenvalue weighted by Crippen LogP contribution is 2.23. The number of aryl methyl sites for hydroxylation is 1. The number of carbonyl (C=O) groups is 1. The molecule has 0 heterocycles. The third kappa shape index (κ3) is 4.80. The van der Waals surface area contributed by atoms with Gasteiger partial charge in [-0.15, -0.1) is 0 Å². The van der Waals surface area contributed by atoms with E-state index in [0.717, 1.165) is 11.1 Å². The van der Waals surface area contributed by atoms with E-state index in [1.54, 1.807) is 62.4 Å². The Balaban J connectivity index is 1.83. The van der Waals surface area contributed by atoms with E-state index in [1.165, 1.54) is 12.1 Å². The lowest BCUT2D eigenvalue weighted by atomic mass is 10.1. The monoisotopic (exact) mass is 424 g/mol. The van der Waals surface area contributed by atoms with Crippen LogP contribution in [0.5, 0.6) is 5.75 Å². The van der Waals surface area contributed by atoms with Gasteiger partial charge in [0.2, 0.25) is 0 Å². The molecule has 1 amide bonds. The van der Waals surface area contributed by atoms with Crippen LogP contribution in [0.4, 0.5) is 5.69 Å². The van der Waals surface area contributed by atoms with Crippen molar-refractivity contribution < 1.29 is 17.9 Å². The van der Waals surface area contributed by atoms with Crippen LogP contribution in [-0.4, -0.2) is 33.4 Å². The van der Waals surface area contributed by atoms with Gasteiger partial charge in [-0.05, 0) is 42.8 Å². The minimum Gasteiger partial charge on any atom is -0.496 e. The Bertz CT molecular complexity index is 1140. The molecule has 30 heavy (non-hydrogen) atoms. The molecule has 0 saturated carbocycles. The van der Waals surface area contributed by atoms with E-state index in [4.69, 9.17) is 4.74 Å². The van der Waals surface area contributed by atoms with Crippen molar-refractivity contribution in [2.24, 2.45) is 0 Å². The SMILES string of the molecule is COc1ccccc1CN(C)C(=O)c1ccc(C)c(NS(=O)(=O)c2ccccc2)c1. The molecule has 0 aliphatic heterocycles. The van der Waals surface area contributed by atoms with Crippen LogP contribution in [0.15, 0.2) is 77.7 Å². The van der Waals surface area contributed by atoms with Gasteiger partial charge in [0.05, 0.1) is 17.7 Å². The highest BCUT2D eigenvalue weighted by atomic mass is 32.2. The molecule has 0 radical (unpaired) electrons. The highest BCUT2D eigenvalue weighted by molar-refractivity contribution is 7.92. The second-order valence-electron chi connectivity index (χ2n) is 6.92. The van der Waals surface area contributed by atoms with Gasteiger partial charge >= 0.3 is 0 Å². The largest absolute Gasteiger partial charge is 0.496 e. The minimum absolute atomic E-state index is 0.162. The summed E-state index contributed by atoms with van der Waals surface area (Å²) < 4.78 is 33.3. The van der Waals surface area contributed by atoms with Crippen LogP contribution in [0.1, 0.15) is 21.5 Å². The first-order chi connectivity index (χ1) is 14.3. The Morgan fingerprint density at radius 2 is 1.67 bits per heavy atom. The third-order valence-corrected chi connectivity index (χ3v) is 6.11. The average Bonchev–Trinajstić information content (AvgIpc) is 2.75. The van der Waals surface area contributed by atoms with Gasteiger partial charge in [0.25, 0.3) is 15.9 Å². The van der Waals surface area contributed by atoms with Crippen LogP contribution < -0.4 is 9.46 Å². The smallest absolute Gasteiger partial charge is 0.261 e. The number of anilines is 1. The van der Waals surface area contributed by atoms with Crippen molar-refractivity contribution in [3.63, 3.8) is 0 Å². The molecule has 0 aliphatic rings. The Morgan fingerprint density at radius 1 is 1.00 bits per heavy atom. The number of sulfonamides is 1. The molecular formula is C23H24N2O4S. The molecule has 0 bridgehead atoms. The zero-order valence-electron chi connectivity index (χ0n) is 17.1. The van der Waals surface area contributed by atoms with E-state index >= 15 is 0 Å². The number of rotatable bonds is 7. The van der Waals surface area contributed by atoms with Gasteiger partial charge in [-0.1, -0.05) is 42.5 Å². The zero-order chi connectivity index (χ0) is 21.7. The summed E-state index contributed by atoms with van der Waals surface area (Å²) >= 11 is 0. The van der Waals surface area contributed by atoms with Gasteiger partial charge in [0, 0.05) is 24.7 Å². The van der Waals surface area contributed by atoms with Crippen LogP contribution >= 0.6 is 0 Å². The molecule has 156 valence electrons. The molecule has 0 saturated heterocycles. The molecule has 7 heteroatoms. The maximum absolute atomic E-state index is 13.0. The number of para-hydroxylation sites is 1. The maximum atomic E-state index is 13.0. The molecule has 6 nitrogen and oxygen atoms in total. The van der Waals surface area contributed by atoms with Gasteiger partial charge in [0.1, 0.15) is 5.75 Å². The van der Waals surface area contributed by atoms with E-state index < -0.39 is 10.0 Å².